The Hall–Kier alpha value is -2.86. The maximum absolute atomic E-state index is 15.8. The van der Waals surface area contributed by atoms with Gasteiger partial charge < -0.3 is 0 Å². The molecule has 212 valence electrons. The van der Waals surface area contributed by atoms with Crippen LogP contribution in [0.2, 0.25) is 0 Å². The Balaban J connectivity index is 2.45. The molecule has 0 fully saturated rings. The molecule has 0 bridgehead atoms. The standard InChI is InChI=1S/C26H21BF12/c1-5-8-25(4,27-26(6-2,7-3)12-18(33)22(37)24(39)23(38)19(12)34)11-13(28)9-10(14(29)17(11)32)16(31)21(36)20(35)15(9)30/h27H,5-8H2,1-4H3. The van der Waals surface area contributed by atoms with Crippen LogP contribution in [-0.2, 0) is 10.6 Å². The second-order valence-electron chi connectivity index (χ2n) is 9.74. The fraction of sp³-hybridized carbons (Fsp3) is 0.385. The number of fused-ring (bicyclic) bond motifs is 1. The van der Waals surface area contributed by atoms with E-state index in [0.29, 0.717) is 0 Å². The van der Waals surface area contributed by atoms with Gasteiger partial charge in [0.1, 0.15) is 13.1 Å². The normalized spacial score (nSPS) is 13.7. The van der Waals surface area contributed by atoms with E-state index in [-0.39, 0.29) is 25.7 Å². The molecule has 0 aromatic heterocycles. The molecule has 39 heavy (non-hydrogen) atoms. The van der Waals surface area contributed by atoms with Crippen molar-refractivity contribution in [3.63, 3.8) is 0 Å². The monoisotopic (exact) mass is 572 g/mol. The van der Waals surface area contributed by atoms with E-state index in [2.05, 4.69) is 0 Å². The van der Waals surface area contributed by atoms with E-state index in [0.717, 1.165) is 6.92 Å². The van der Waals surface area contributed by atoms with Gasteiger partial charge in [-0.05, 0) is 10.6 Å². The molecular formula is C26H21BF12. The molecule has 1 unspecified atom stereocenters. The molecule has 0 aliphatic carbocycles. The number of hydrogen-bond acceptors (Lipinski definition) is 0. The van der Waals surface area contributed by atoms with Gasteiger partial charge in [-0.1, -0.05) is 53.4 Å². The molecule has 3 rings (SSSR count). The first-order valence-corrected chi connectivity index (χ1v) is 11.9. The summed E-state index contributed by atoms with van der Waals surface area (Å²) >= 11 is 0. The number of halogens is 12. The summed E-state index contributed by atoms with van der Waals surface area (Å²) in [6.07, 6.45) is -0.965. The van der Waals surface area contributed by atoms with Crippen molar-refractivity contribution in [1.29, 1.82) is 0 Å². The van der Waals surface area contributed by atoms with Crippen LogP contribution in [0.25, 0.3) is 10.8 Å². The summed E-state index contributed by atoms with van der Waals surface area (Å²) in [7, 11) is -0.772. The van der Waals surface area contributed by atoms with Crippen LogP contribution in [0.3, 0.4) is 0 Å². The number of rotatable bonds is 8. The molecule has 1 atom stereocenters. The van der Waals surface area contributed by atoms with Crippen molar-refractivity contribution >= 4 is 18.1 Å². The highest BCUT2D eigenvalue weighted by molar-refractivity contribution is 6.44. The molecule has 0 N–H and O–H groups in total. The molecule has 0 amide bonds. The van der Waals surface area contributed by atoms with Crippen LogP contribution in [0, 0.1) is 69.8 Å². The zero-order chi connectivity index (χ0) is 29.8. The average molecular weight is 572 g/mol. The van der Waals surface area contributed by atoms with Crippen molar-refractivity contribution in [1.82, 2.24) is 0 Å². The maximum Gasteiger partial charge on any atom is 0.200 e. The topological polar surface area (TPSA) is 0 Å². The first kappa shape index (κ1) is 30.7. The third kappa shape index (κ3) is 4.45. The van der Waals surface area contributed by atoms with Crippen LogP contribution in [0.15, 0.2) is 0 Å². The second kappa shape index (κ2) is 10.6. The zero-order valence-corrected chi connectivity index (χ0v) is 21.1. The Kier molecular flexibility index (Phi) is 8.35. The van der Waals surface area contributed by atoms with Crippen LogP contribution < -0.4 is 0 Å². The molecule has 0 saturated heterocycles. The molecule has 0 saturated carbocycles. The maximum atomic E-state index is 15.8. The summed E-state index contributed by atoms with van der Waals surface area (Å²) in [5.74, 6) is -27.4. The van der Waals surface area contributed by atoms with Gasteiger partial charge >= 0.3 is 0 Å². The zero-order valence-electron chi connectivity index (χ0n) is 21.1. The minimum Gasteiger partial charge on any atom is -0.206 e. The Morgan fingerprint density at radius 1 is 0.462 bits per heavy atom. The third-order valence-corrected chi connectivity index (χ3v) is 7.57. The summed E-state index contributed by atoms with van der Waals surface area (Å²) in [6, 6.07) is 0. The van der Waals surface area contributed by atoms with E-state index in [1.165, 1.54) is 20.8 Å². The lowest BCUT2D eigenvalue weighted by Gasteiger charge is -2.41. The highest BCUT2D eigenvalue weighted by Gasteiger charge is 2.48. The molecule has 3 aromatic carbocycles. The predicted molar refractivity (Wildman–Crippen MR) is 122 cm³/mol. The van der Waals surface area contributed by atoms with Crippen molar-refractivity contribution in [2.45, 2.75) is 64.0 Å². The van der Waals surface area contributed by atoms with Gasteiger partial charge in [-0.15, -0.1) is 0 Å². The largest absolute Gasteiger partial charge is 0.206 e. The van der Waals surface area contributed by atoms with Crippen LogP contribution in [-0.4, -0.2) is 7.28 Å². The van der Waals surface area contributed by atoms with Gasteiger partial charge in [0, 0.05) is 11.1 Å². The summed E-state index contributed by atoms with van der Waals surface area (Å²) in [5.41, 5.74) is -2.55. The molecule has 0 aliphatic heterocycles. The lowest BCUT2D eigenvalue weighted by atomic mass is 9.34. The minimum absolute atomic E-state index is 0.0459. The van der Waals surface area contributed by atoms with Gasteiger partial charge in [-0.3, -0.25) is 0 Å². The third-order valence-electron chi connectivity index (χ3n) is 7.57. The van der Waals surface area contributed by atoms with Gasteiger partial charge in [-0.2, -0.15) is 0 Å². The summed E-state index contributed by atoms with van der Waals surface area (Å²) in [6.45, 7) is 5.19. The molecule has 0 heterocycles. The predicted octanol–water partition coefficient (Wildman–Crippen LogP) is 8.68. The van der Waals surface area contributed by atoms with Crippen LogP contribution >= 0.6 is 0 Å². The number of benzene rings is 3. The van der Waals surface area contributed by atoms with Crippen LogP contribution in [0.1, 0.15) is 64.5 Å². The summed E-state index contributed by atoms with van der Waals surface area (Å²) < 4.78 is 175. The first-order chi connectivity index (χ1) is 18.1. The highest BCUT2D eigenvalue weighted by atomic mass is 19.2. The Labute approximate surface area is 216 Å². The molecule has 0 nitrogen and oxygen atoms in total. The Morgan fingerprint density at radius 2 is 0.795 bits per heavy atom. The second-order valence-corrected chi connectivity index (χ2v) is 9.74. The SMILES string of the molecule is CCCC(C)(BC(CC)(CC)c1c(F)c(F)c(F)c(F)c1F)c1c(F)c(F)c2c(F)c(F)c(F)c(F)c2c1F. The molecule has 0 spiro atoms. The molecule has 0 radical (unpaired) electrons. The average Bonchev–Trinajstić information content (AvgIpc) is 2.89. The number of hydrogen-bond donors (Lipinski definition) is 0. The van der Waals surface area contributed by atoms with E-state index < -0.39 is 110 Å². The minimum atomic E-state index is -2.51. The fourth-order valence-electron chi connectivity index (χ4n) is 5.63. The van der Waals surface area contributed by atoms with Gasteiger partial charge in [0.25, 0.3) is 0 Å². The van der Waals surface area contributed by atoms with E-state index in [1.54, 1.807) is 0 Å². The fourth-order valence-corrected chi connectivity index (χ4v) is 5.63. The molecule has 3 aromatic rings. The molecule has 0 aliphatic rings. The van der Waals surface area contributed by atoms with Crippen molar-refractivity contribution in [3.05, 3.63) is 80.9 Å². The Morgan fingerprint density at radius 3 is 1.21 bits per heavy atom. The van der Waals surface area contributed by atoms with Gasteiger partial charge in [0.2, 0.25) is 5.82 Å². The Bertz CT molecular complexity index is 1440. The van der Waals surface area contributed by atoms with Crippen molar-refractivity contribution < 1.29 is 52.7 Å². The van der Waals surface area contributed by atoms with Crippen molar-refractivity contribution in [2.75, 3.05) is 0 Å². The van der Waals surface area contributed by atoms with Crippen molar-refractivity contribution in [2.24, 2.45) is 0 Å². The van der Waals surface area contributed by atoms with Crippen molar-refractivity contribution in [3.8, 4) is 0 Å². The van der Waals surface area contributed by atoms with E-state index in [4.69, 9.17) is 0 Å². The smallest absolute Gasteiger partial charge is 0.200 e. The first-order valence-electron chi connectivity index (χ1n) is 11.9. The summed E-state index contributed by atoms with van der Waals surface area (Å²) in [4.78, 5) is 0. The molecular weight excluding hydrogens is 551 g/mol. The highest BCUT2D eigenvalue weighted by Crippen LogP contribution is 2.46. The molecule has 13 heteroatoms. The van der Waals surface area contributed by atoms with E-state index >= 15 is 13.2 Å². The lowest BCUT2D eigenvalue weighted by molar-refractivity contribution is 0.349. The van der Waals surface area contributed by atoms with Gasteiger partial charge in [0.15, 0.2) is 58.2 Å². The lowest BCUT2D eigenvalue weighted by Crippen LogP contribution is -2.47. The van der Waals surface area contributed by atoms with Crippen LogP contribution in [0.5, 0.6) is 0 Å². The van der Waals surface area contributed by atoms with E-state index in [9.17, 15) is 39.5 Å². The van der Waals surface area contributed by atoms with E-state index in [1.807, 2.05) is 0 Å². The van der Waals surface area contributed by atoms with Gasteiger partial charge in [-0.25, -0.2) is 52.7 Å². The van der Waals surface area contributed by atoms with Crippen LogP contribution in [0.4, 0.5) is 52.7 Å². The van der Waals surface area contributed by atoms with Gasteiger partial charge in [0.05, 0.1) is 10.8 Å². The quantitative estimate of drug-likeness (QED) is 0.110. The summed E-state index contributed by atoms with van der Waals surface area (Å²) in [5, 5.41) is -7.65.